The van der Waals surface area contributed by atoms with Gasteiger partial charge in [0.1, 0.15) is 12.1 Å². The second-order valence-electron chi connectivity index (χ2n) is 3.47. The van der Waals surface area contributed by atoms with Crippen LogP contribution in [0.5, 0.6) is 0 Å². The van der Waals surface area contributed by atoms with Crippen LogP contribution in [-0.4, -0.2) is 35.3 Å². The van der Waals surface area contributed by atoms with Gasteiger partial charge in [-0.2, -0.15) is 0 Å². The maximum absolute atomic E-state index is 11.7. The molecule has 0 aromatic heterocycles. The molecule has 4 nitrogen and oxygen atoms in total. The summed E-state index contributed by atoms with van der Waals surface area (Å²) in [5, 5.41) is 2.63. The zero-order chi connectivity index (χ0) is 10.7. The van der Waals surface area contributed by atoms with E-state index < -0.39 is 6.04 Å². The number of rotatable bonds is 2. The number of hydrogen-bond acceptors (Lipinski definition) is 2. The van der Waals surface area contributed by atoms with E-state index >= 15 is 0 Å². The van der Waals surface area contributed by atoms with Crippen molar-refractivity contribution in [1.29, 1.82) is 0 Å². The highest BCUT2D eigenvalue weighted by Gasteiger charge is 2.34. The number of allylic oxidation sites excluding steroid dienone is 1. The van der Waals surface area contributed by atoms with Gasteiger partial charge in [-0.1, -0.05) is 12.2 Å². The van der Waals surface area contributed by atoms with Crippen LogP contribution in [0.3, 0.4) is 0 Å². The Morgan fingerprint density at radius 1 is 1.43 bits per heavy atom. The smallest absolute Gasteiger partial charge is 0.245 e. The second kappa shape index (κ2) is 4.26. The van der Waals surface area contributed by atoms with Crippen molar-refractivity contribution in [3.05, 3.63) is 12.2 Å². The van der Waals surface area contributed by atoms with E-state index in [2.05, 4.69) is 5.32 Å². The van der Waals surface area contributed by atoms with Crippen molar-refractivity contribution in [2.45, 2.75) is 32.9 Å². The van der Waals surface area contributed by atoms with Gasteiger partial charge in [-0.05, 0) is 20.8 Å². The molecule has 2 atom stereocenters. The number of carbonyl (C=O) groups is 2. The van der Waals surface area contributed by atoms with Gasteiger partial charge in [0.15, 0.2) is 0 Å². The van der Waals surface area contributed by atoms with E-state index in [1.165, 1.54) is 0 Å². The average Bonchev–Trinajstić information content (AvgIpc) is 2.15. The molecule has 0 aliphatic carbocycles. The third-order valence-electron chi connectivity index (χ3n) is 2.40. The zero-order valence-electron chi connectivity index (χ0n) is 8.78. The highest BCUT2D eigenvalue weighted by molar-refractivity contribution is 5.96. The van der Waals surface area contributed by atoms with Crippen molar-refractivity contribution in [2.75, 3.05) is 6.54 Å². The molecule has 78 valence electrons. The van der Waals surface area contributed by atoms with Gasteiger partial charge in [-0.25, -0.2) is 0 Å². The number of hydrogen-bond donors (Lipinski definition) is 1. The van der Waals surface area contributed by atoms with E-state index in [-0.39, 0.29) is 17.9 Å². The van der Waals surface area contributed by atoms with Gasteiger partial charge in [0.2, 0.25) is 11.8 Å². The SMILES string of the molecule is C/C=C/CN1C(=O)C(C)NC(=O)C1C. The Balaban J connectivity index is 2.77. The molecule has 0 aromatic rings. The van der Waals surface area contributed by atoms with Gasteiger partial charge in [-0.15, -0.1) is 0 Å². The normalized spacial score (nSPS) is 28.4. The molecule has 2 amide bonds. The Labute approximate surface area is 84.0 Å². The molecule has 1 aliphatic rings. The minimum absolute atomic E-state index is 0.0183. The van der Waals surface area contributed by atoms with Crippen molar-refractivity contribution in [3.8, 4) is 0 Å². The maximum atomic E-state index is 11.7. The van der Waals surface area contributed by atoms with Gasteiger partial charge in [0, 0.05) is 6.54 Å². The van der Waals surface area contributed by atoms with Gasteiger partial charge in [0.05, 0.1) is 0 Å². The molecular formula is C10H16N2O2. The van der Waals surface area contributed by atoms with Gasteiger partial charge in [-0.3, -0.25) is 9.59 Å². The molecule has 1 rings (SSSR count). The number of amides is 2. The fraction of sp³-hybridized carbons (Fsp3) is 0.600. The summed E-state index contributed by atoms with van der Waals surface area (Å²) in [4.78, 5) is 24.6. The molecule has 1 fully saturated rings. The lowest BCUT2D eigenvalue weighted by Gasteiger charge is -2.35. The fourth-order valence-corrected chi connectivity index (χ4v) is 1.44. The summed E-state index contributed by atoms with van der Waals surface area (Å²) < 4.78 is 0. The monoisotopic (exact) mass is 196 g/mol. The summed E-state index contributed by atoms with van der Waals surface area (Å²) in [5.41, 5.74) is 0. The van der Waals surface area contributed by atoms with Gasteiger partial charge in [0.25, 0.3) is 0 Å². The number of piperazine rings is 1. The molecular weight excluding hydrogens is 180 g/mol. The third-order valence-corrected chi connectivity index (χ3v) is 2.40. The quantitative estimate of drug-likeness (QED) is 0.646. The first kappa shape index (κ1) is 10.8. The van der Waals surface area contributed by atoms with Crippen LogP contribution < -0.4 is 5.32 Å². The highest BCUT2D eigenvalue weighted by atomic mass is 16.2. The largest absolute Gasteiger partial charge is 0.343 e. The van der Waals surface area contributed by atoms with Crippen LogP contribution in [0, 0.1) is 0 Å². The molecule has 1 N–H and O–H groups in total. The van der Waals surface area contributed by atoms with E-state index in [1.54, 1.807) is 18.7 Å². The van der Waals surface area contributed by atoms with Crippen molar-refractivity contribution in [1.82, 2.24) is 10.2 Å². The van der Waals surface area contributed by atoms with Crippen LogP contribution in [0.2, 0.25) is 0 Å². The summed E-state index contributed by atoms with van der Waals surface area (Å²) in [6, 6.07) is -0.765. The first-order valence-electron chi connectivity index (χ1n) is 4.80. The number of nitrogens with zero attached hydrogens (tertiary/aromatic N) is 1. The Hall–Kier alpha value is -1.32. The summed E-state index contributed by atoms with van der Waals surface area (Å²) in [6.07, 6.45) is 3.75. The van der Waals surface area contributed by atoms with E-state index in [1.807, 2.05) is 19.1 Å². The van der Waals surface area contributed by atoms with Gasteiger partial charge < -0.3 is 10.2 Å². The molecule has 0 saturated carbocycles. The van der Waals surface area contributed by atoms with Crippen LogP contribution in [-0.2, 0) is 9.59 Å². The predicted molar refractivity (Wildman–Crippen MR) is 53.6 cm³/mol. The molecule has 1 heterocycles. The molecule has 2 unspecified atom stereocenters. The lowest BCUT2D eigenvalue weighted by atomic mass is 10.1. The Morgan fingerprint density at radius 2 is 2.07 bits per heavy atom. The van der Waals surface area contributed by atoms with Crippen LogP contribution in [0.25, 0.3) is 0 Å². The fourth-order valence-electron chi connectivity index (χ4n) is 1.44. The van der Waals surface area contributed by atoms with Crippen molar-refractivity contribution < 1.29 is 9.59 Å². The van der Waals surface area contributed by atoms with Crippen molar-refractivity contribution in [3.63, 3.8) is 0 Å². The molecule has 0 aromatic carbocycles. The van der Waals surface area contributed by atoms with E-state index in [0.29, 0.717) is 6.54 Å². The van der Waals surface area contributed by atoms with E-state index in [0.717, 1.165) is 0 Å². The summed E-state index contributed by atoms with van der Waals surface area (Å²) in [7, 11) is 0. The standard InChI is InChI=1S/C10H16N2O2/c1-4-5-6-12-8(3)9(13)11-7(2)10(12)14/h4-5,7-8H,6H2,1-3H3,(H,11,13)/b5-4+. The molecule has 0 spiro atoms. The van der Waals surface area contributed by atoms with Crippen LogP contribution in [0.15, 0.2) is 12.2 Å². The Morgan fingerprint density at radius 3 is 2.64 bits per heavy atom. The van der Waals surface area contributed by atoms with Crippen LogP contribution in [0.1, 0.15) is 20.8 Å². The summed E-state index contributed by atoms with van der Waals surface area (Å²) in [5.74, 6) is -0.100. The summed E-state index contributed by atoms with van der Waals surface area (Å²) in [6.45, 7) is 5.84. The van der Waals surface area contributed by atoms with Crippen LogP contribution >= 0.6 is 0 Å². The molecule has 4 heteroatoms. The zero-order valence-corrected chi connectivity index (χ0v) is 8.78. The predicted octanol–water partition coefficient (Wildman–Crippen LogP) is 0.298. The number of carbonyl (C=O) groups excluding carboxylic acids is 2. The third kappa shape index (κ3) is 1.95. The minimum Gasteiger partial charge on any atom is -0.343 e. The highest BCUT2D eigenvalue weighted by Crippen LogP contribution is 2.09. The minimum atomic E-state index is -0.399. The topological polar surface area (TPSA) is 49.4 Å². The molecule has 14 heavy (non-hydrogen) atoms. The molecule has 1 saturated heterocycles. The second-order valence-corrected chi connectivity index (χ2v) is 3.47. The summed E-state index contributed by atoms with van der Waals surface area (Å²) >= 11 is 0. The van der Waals surface area contributed by atoms with E-state index in [9.17, 15) is 9.59 Å². The lowest BCUT2D eigenvalue weighted by Crippen LogP contribution is -2.61. The average molecular weight is 196 g/mol. The first-order chi connectivity index (χ1) is 6.57. The van der Waals surface area contributed by atoms with Crippen LogP contribution in [0.4, 0.5) is 0 Å². The Bertz CT molecular complexity index is 273. The Kier molecular flexibility index (Phi) is 3.28. The van der Waals surface area contributed by atoms with Gasteiger partial charge >= 0.3 is 0 Å². The van der Waals surface area contributed by atoms with Crippen molar-refractivity contribution in [2.24, 2.45) is 0 Å². The molecule has 1 aliphatic heterocycles. The van der Waals surface area contributed by atoms with Crippen molar-refractivity contribution >= 4 is 11.8 Å². The number of nitrogens with one attached hydrogen (secondary N) is 1. The maximum Gasteiger partial charge on any atom is 0.245 e. The molecule has 0 radical (unpaired) electrons. The lowest BCUT2D eigenvalue weighted by molar-refractivity contribution is -0.147. The first-order valence-corrected chi connectivity index (χ1v) is 4.80. The van der Waals surface area contributed by atoms with E-state index in [4.69, 9.17) is 0 Å². The molecule has 0 bridgehead atoms.